The van der Waals surface area contributed by atoms with E-state index in [4.69, 9.17) is 0 Å². The highest BCUT2D eigenvalue weighted by Crippen LogP contribution is 2.39. The monoisotopic (exact) mass is 251 g/mol. The number of H-pyrrole nitrogens is 1. The molecule has 0 amide bonds. The highest BCUT2D eigenvalue weighted by molar-refractivity contribution is 7.97. The van der Waals surface area contributed by atoms with Gasteiger partial charge in [-0.25, -0.2) is 4.31 Å². The van der Waals surface area contributed by atoms with Crippen molar-refractivity contribution >= 4 is 22.9 Å². The Bertz CT molecular complexity index is 524. The molecule has 94 valence electrons. The second kappa shape index (κ2) is 5.10. The lowest BCUT2D eigenvalue weighted by molar-refractivity contribution is 0.506. The Morgan fingerprint density at radius 3 is 3.00 bits per heavy atom. The van der Waals surface area contributed by atoms with Gasteiger partial charge in [-0.05, 0) is 36.1 Å². The second-order valence-electron chi connectivity index (χ2n) is 3.86. The molecule has 0 fully saturated rings. The normalized spacial score (nSPS) is 14.6. The summed E-state index contributed by atoms with van der Waals surface area (Å²) >= 11 is 1.85. The predicted octanol–water partition coefficient (Wildman–Crippen LogP) is 3.99. The van der Waals surface area contributed by atoms with Crippen LogP contribution in [0.5, 0.6) is 0 Å². The molecular formula is C13H21N3S. The number of rotatable bonds is 1. The van der Waals surface area contributed by atoms with Gasteiger partial charge in [-0.15, -0.1) is 0 Å². The molecule has 0 bridgehead atoms. The average molecular weight is 251 g/mol. The number of nitrogens with zero attached hydrogens (tertiary/aromatic N) is 2. The number of hydrogen-bond acceptors (Lipinski definition) is 3. The largest absolute Gasteiger partial charge is 0.278 e. The molecule has 3 nitrogen and oxygen atoms in total. The van der Waals surface area contributed by atoms with Crippen LogP contribution in [0.25, 0.3) is 10.9 Å². The SMILES string of the molecule is CC.CCN1Cc2c(cc3[nH]ncc3c2C)S1.[HH]. The van der Waals surface area contributed by atoms with E-state index in [1.165, 1.54) is 21.4 Å². The Morgan fingerprint density at radius 1 is 1.53 bits per heavy atom. The molecule has 1 aliphatic heterocycles. The maximum absolute atomic E-state index is 4.09. The third-order valence-corrected chi connectivity index (χ3v) is 4.22. The number of fused-ring (bicyclic) bond motifs is 2. The van der Waals surface area contributed by atoms with Crippen molar-refractivity contribution in [1.29, 1.82) is 0 Å². The van der Waals surface area contributed by atoms with Crippen molar-refractivity contribution in [1.82, 2.24) is 14.5 Å². The smallest absolute Gasteiger partial charge is 0.0664 e. The Morgan fingerprint density at radius 2 is 2.29 bits per heavy atom. The highest BCUT2D eigenvalue weighted by Gasteiger charge is 2.22. The summed E-state index contributed by atoms with van der Waals surface area (Å²) in [5.41, 5.74) is 3.99. The quantitative estimate of drug-likeness (QED) is 0.778. The maximum atomic E-state index is 4.09. The second-order valence-corrected chi connectivity index (χ2v) is 5.00. The maximum Gasteiger partial charge on any atom is 0.0664 e. The summed E-state index contributed by atoms with van der Waals surface area (Å²) in [5.74, 6) is 0. The van der Waals surface area contributed by atoms with Gasteiger partial charge in [0.1, 0.15) is 0 Å². The molecule has 0 spiro atoms. The van der Waals surface area contributed by atoms with Crippen molar-refractivity contribution in [3.8, 4) is 0 Å². The summed E-state index contributed by atoms with van der Waals surface area (Å²) < 4.78 is 2.38. The molecule has 1 N–H and O–H groups in total. The molecule has 0 unspecified atom stereocenters. The van der Waals surface area contributed by atoms with Crippen LogP contribution >= 0.6 is 11.9 Å². The Labute approximate surface area is 108 Å². The van der Waals surface area contributed by atoms with Gasteiger partial charge >= 0.3 is 0 Å². The van der Waals surface area contributed by atoms with Gasteiger partial charge in [0.2, 0.25) is 0 Å². The van der Waals surface area contributed by atoms with E-state index in [0.29, 0.717) is 0 Å². The van der Waals surface area contributed by atoms with Crippen molar-refractivity contribution in [2.75, 3.05) is 6.54 Å². The minimum Gasteiger partial charge on any atom is -0.278 e. The van der Waals surface area contributed by atoms with E-state index in [-0.39, 0.29) is 1.43 Å². The molecule has 1 aromatic carbocycles. The molecule has 0 saturated carbocycles. The zero-order valence-electron chi connectivity index (χ0n) is 10.9. The van der Waals surface area contributed by atoms with Crippen molar-refractivity contribution in [2.24, 2.45) is 0 Å². The molecule has 0 radical (unpaired) electrons. The molecule has 0 aliphatic carbocycles. The van der Waals surface area contributed by atoms with Gasteiger partial charge in [-0.2, -0.15) is 5.10 Å². The van der Waals surface area contributed by atoms with E-state index in [0.717, 1.165) is 18.6 Å². The van der Waals surface area contributed by atoms with Crippen LogP contribution in [-0.2, 0) is 6.54 Å². The van der Waals surface area contributed by atoms with Crippen molar-refractivity contribution in [3.05, 3.63) is 23.4 Å². The van der Waals surface area contributed by atoms with Crippen LogP contribution in [0.1, 0.15) is 33.3 Å². The molecule has 2 heterocycles. The first-order valence-corrected chi connectivity index (χ1v) is 6.95. The number of hydrogen-bond donors (Lipinski definition) is 1. The number of aromatic amines is 1. The van der Waals surface area contributed by atoms with Gasteiger partial charge in [0, 0.05) is 24.8 Å². The standard InChI is InChI=1S/C11H13N3S.C2H6.H2/c1-3-14-6-9-7(2)8-5-12-13-10(8)4-11(9)15-14;1-2;/h4-5H,3,6H2,1-2H3,(H,12,13);1-2H3;1H. The number of aryl methyl sites for hydroxylation is 1. The first-order chi connectivity index (χ1) is 8.29. The summed E-state index contributed by atoms with van der Waals surface area (Å²) in [4.78, 5) is 1.38. The molecule has 3 rings (SSSR count). The Hall–Kier alpha value is -1.000. The summed E-state index contributed by atoms with van der Waals surface area (Å²) in [6.07, 6.45) is 1.92. The van der Waals surface area contributed by atoms with Crippen molar-refractivity contribution < 1.29 is 1.43 Å². The zero-order chi connectivity index (χ0) is 12.4. The van der Waals surface area contributed by atoms with Crippen LogP contribution in [0.15, 0.2) is 17.2 Å². The number of nitrogens with one attached hydrogen (secondary N) is 1. The number of aromatic nitrogens is 2. The molecule has 2 aromatic rings. The summed E-state index contributed by atoms with van der Waals surface area (Å²) in [6, 6.07) is 2.21. The van der Waals surface area contributed by atoms with Crippen molar-refractivity contribution in [3.63, 3.8) is 0 Å². The van der Waals surface area contributed by atoms with Crippen LogP contribution in [0, 0.1) is 6.92 Å². The van der Waals surface area contributed by atoms with E-state index in [1.807, 2.05) is 32.0 Å². The zero-order valence-corrected chi connectivity index (χ0v) is 11.7. The molecule has 1 aliphatic rings. The molecule has 1 aromatic heterocycles. The van der Waals surface area contributed by atoms with Crippen LogP contribution in [0.3, 0.4) is 0 Å². The van der Waals surface area contributed by atoms with E-state index in [1.54, 1.807) is 0 Å². The van der Waals surface area contributed by atoms with Crippen LogP contribution in [0.2, 0.25) is 0 Å². The molecular weight excluding hydrogens is 230 g/mol. The van der Waals surface area contributed by atoms with Crippen LogP contribution in [-0.4, -0.2) is 21.0 Å². The molecule has 4 heteroatoms. The predicted molar refractivity (Wildman–Crippen MR) is 76.2 cm³/mol. The lowest BCUT2D eigenvalue weighted by Gasteiger charge is -2.08. The van der Waals surface area contributed by atoms with Gasteiger partial charge in [0.05, 0.1) is 11.7 Å². The minimum absolute atomic E-state index is 0. The first-order valence-electron chi connectivity index (χ1n) is 6.18. The van der Waals surface area contributed by atoms with E-state index in [9.17, 15) is 0 Å². The summed E-state index contributed by atoms with van der Waals surface area (Å²) in [7, 11) is 0. The lowest BCUT2D eigenvalue weighted by Crippen LogP contribution is -2.08. The van der Waals surface area contributed by atoms with Crippen LogP contribution < -0.4 is 0 Å². The van der Waals surface area contributed by atoms with E-state index >= 15 is 0 Å². The summed E-state index contributed by atoms with van der Waals surface area (Å²) in [6.45, 7) is 10.5. The lowest BCUT2D eigenvalue weighted by atomic mass is 10.0. The third kappa shape index (κ3) is 2.07. The average Bonchev–Trinajstić information content (AvgIpc) is 2.98. The minimum atomic E-state index is 0. The molecule has 0 atom stereocenters. The van der Waals surface area contributed by atoms with Crippen LogP contribution in [0.4, 0.5) is 0 Å². The van der Waals surface area contributed by atoms with E-state index < -0.39 is 0 Å². The summed E-state index contributed by atoms with van der Waals surface area (Å²) in [5, 5.41) is 8.39. The van der Waals surface area contributed by atoms with Gasteiger partial charge in [-0.3, -0.25) is 5.10 Å². The van der Waals surface area contributed by atoms with Crippen molar-refractivity contribution in [2.45, 2.75) is 39.1 Å². The van der Waals surface area contributed by atoms with Gasteiger partial charge in [-0.1, -0.05) is 20.8 Å². The fraction of sp³-hybridized carbons (Fsp3) is 0.462. The fourth-order valence-corrected chi connectivity index (χ4v) is 3.17. The third-order valence-electron chi connectivity index (χ3n) is 3.01. The van der Waals surface area contributed by atoms with E-state index in [2.05, 4.69) is 34.4 Å². The van der Waals surface area contributed by atoms with Gasteiger partial charge < -0.3 is 0 Å². The van der Waals surface area contributed by atoms with Gasteiger partial charge in [0.15, 0.2) is 0 Å². The Kier molecular flexibility index (Phi) is 3.74. The molecule has 0 saturated heterocycles. The highest BCUT2D eigenvalue weighted by atomic mass is 32.2. The Balaban J connectivity index is 0.000000516. The first kappa shape index (κ1) is 12.5. The fourth-order valence-electron chi connectivity index (χ4n) is 2.07. The van der Waals surface area contributed by atoms with Gasteiger partial charge in [0.25, 0.3) is 0 Å². The molecule has 17 heavy (non-hydrogen) atoms. The number of benzene rings is 1. The topological polar surface area (TPSA) is 31.9 Å².